The Bertz CT molecular complexity index is 1280. The fourth-order valence-corrected chi connectivity index (χ4v) is 4.89. The molecule has 1 amide bonds. The number of hydrogen-bond acceptors (Lipinski definition) is 4. The fraction of sp³-hybridized carbons (Fsp3) is 0.276. The van der Waals surface area contributed by atoms with Crippen LogP contribution in [0.2, 0.25) is 0 Å². The summed E-state index contributed by atoms with van der Waals surface area (Å²) in [7, 11) is 0. The van der Waals surface area contributed by atoms with E-state index in [0.717, 1.165) is 60.4 Å². The SMILES string of the molecule is Cc1ccc(C(=O)N2CCCC(Cc3cccc4ncccc34)C2)cc1NCc1ccccn1. The van der Waals surface area contributed by atoms with E-state index in [0.29, 0.717) is 12.5 Å². The van der Waals surface area contributed by atoms with Gasteiger partial charge in [0.05, 0.1) is 17.8 Å². The second-order valence-corrected chi connectivity index (χ2v) is 9.16. The molecule has 4 aromatic rings. The zero-order valence-electron chi connectivity index (χ0n) is 19.6. The number of rotatable bonds is 6. The van der Waals surface area contributed by atoms with Crippen LogP contribution < -0.4 is 5.32 Å². The number of anilines is 1. The van der Waals surface area contributed by atoms with Gasteiger partial charge in [0.15, 0.2) is 0 Å². The minimum atomic E-state index is 0.116. The van der Waals surface area contributed by atoms with E-state index < -0.39 is 0 Å². The molecule has 1 N–H and O–H groups in total. The molecule has 0 spiro atoms. The van der Waals surface area contributed by atoms with Crippen LogP contribution in [0.3, 0.4) is 0 Å². The minimum absolute atomic E-state index is 0.116. The molecule has 0 saturated carbocycles. The third-order valence-electron chi connectivity index (χ3n) is 6.72. The second-order valence-electron chi connectivity index (χ2n) is 9.16. The first-order valence-electron chi connectivity index (χ1n) is 12.0. The molecule has 1 saturated heterocycles. The lowest BCUT2D eigenvalue weighted by atomic mass is 9.89. The predicted octanol–water partition coefficient (Wildman–Crippen LogP) is 5.65. The van der Waals surface area contributed by atoms with Crippen LogP contribution in [-0.2, 0) is 13.0 Å². The lowest BCUT2D eigenvalue weighted by molar-refractivity contribution is 0.0673. The zero-order valence-corrected chi connectivity index (χ0v) is 19.6. The highest BCUT2D eigenvalue weighted by molar-refractivity contribution is 5.95. The van der Waals surface area contributed by atoms with Crippen molar-refractivity contribution in [2.75, 3.05) is 18.4 Å². The van der Waals surface area contributed by atoms with E-state index in [1.165, 1.54) is 10.9 Å². The highest BCUT2D eigenvalue weighted by atomic mass is 16.2. The highest BCUT2D eigenvalue weighted by Crippen LogP contribution is 2.27. The van der Waals surface area contributed by atoms with Crippen molar-refractivity contribution in [3.63, 3.8) is 0 Å². The van der Waals surface area contributed by atoms with Gasteiger partial charge >= 0.3 is 0 Å². The van der Waals surface area contributed by atoms with Crippen molar-refractivity contribution >= 4 is 22.5 Å². The lowest BCUT2D eigenvalue weighted by Crippen LogP contribution is -2.40. The summed E-state index contributed by atoms with van der Waals surface area (Å²) in [6.45, 7) is 4.30. The van der Waals surface area contributed by atoms with Gasteiger partial charge in [0, 0.05) is 42.1 Å². The minimum Gasteiger partial charge on any atom is -0.379 e. The number of carbonyl (C=O) groups is 1. The molecule has 2 aromatic heterocycles. The van der Waals surface area contributed by atoms with Gasteiger partial charge in [0.25, 0.3) is 5.91 Å². The summed E-state index contributed by atoms with van der Waals surface area (Å²) < 4.78 is 0. The Morgan fingerprint density at radius 2 is 1.94 bits per heavy atom. The number of hydrogen-bond donors (Lipinski definition) is 1. The molecule has 5 heteroatoms. The Morgan fingerprint density at radius 1 is 1.03 bits per heavy atom. The van der Waals surface area contributed by atoms with Crippen LogP contribution in [0.15, 0.2) is 79.1 Å². The van der Waals surface area contributed by atoms with Gasteiger partial charge in [-0.15, -0.1) is 0 Å². The standard InChI is InChI=1S/C29H30N4O/c1-21-12-13-24(18-28(21)32-19-25-9-2-3-14-30-25)29(34)33-16-6-7-22(20-33)17-23-8-4-11-27-26(23)10-5-15-31-27/h2-5,8-15,18,22,32H,6-7,16-17,19-20H2,1H3. The summed E-state index contributed by atoms with van der Waals surface area (Å²) in [5, 5.41) is 4.66. The number of piperidine rings is 1. The summed E-state index contributed by atoms with van der Waals surface area (Å²) in [6.07, 6.45) is 6.79. The molecule has 2 aromatic carbocycles. The predicted molar refractivity (Wildman–Crippen MR) is 137 cm³/mol. The van der Waals surface area contributed by atoms with Crippen LogP contribution in [-0.4, -0.2) is 33.9 Å². The number of nitrogens with one attached hydrogen (secondary N) is 1. The molecule has 5 nitrogen and oxygen atoms in total. The number of amides is 1. The average molecular weight is 451 g/mol. The van der Waals surface area contributed by atoms with Gasteiger partial charge < -0.3 is 10.2 Å². The van der Waals surface area contributed by atoms with Gasteiger partial charge in [-0.05, 0) is 79.6 Å². The molecule has 34 heavy (non-hydrogen) atoms. The number of nitrogens with zero attached hydrogens (tertiary/aromatic N) is 3. The summed E-state index contributed by atoms with van der Waals surface area (Å²) in [4.78, 5) is 24.3. The highest BCUT2D eigenvalue weighted by Gasteiger charge is 2.25. The number of likely N-dealkylation sites (tertiary alicyclic amines) is 1. The number of benzene rings is 2. The Kier molecular flexibility index (Phi) is 6.52. The molecule has 0 aliphatic carbocycles. The molecule has 1 aliphatic rings. The first kappa shape index (κ1) is 22.1. The van der Waals surface area contributed by atoms with Crippen molar-refractivity contribution < 1.29 is 4.79 Å². The van der Waals surface area contributed by atoms with E-state index >= 15 is 0 Å². The molecule has 172 valence electrons. The van der Waals surface area contributed by atoms with Crippen LogP contribution in [0.25, 0.3) is 10.9 Å². The maximum Gasteiger partial charge on any atom is 0.253 e. The number of carbonyl (C=O) groups excluding carboxylic acids is 1. The molecule has 1 unspecified atom stereocenters. The van der Waals surface area contributed by atoms with Crippen molar-refractivity contribution in [3.05, 3.63) is 102 Å². The topological polar surface area (TPSA) is 58.1 Å². The Balaban J connectivity index is 1.28. The quantitative estimate of drug-likeness (QED) is 0.413. The number of aryl methyl sites for hydroxylation is 1. The molecule has 0 bridgehead atoms. The molecular weight excluding hydrogens is 420 g/mol. The number of fused-ring (bicyclic) bond motifs is 1. The van der Waals surface area contributed by atoms with Crippen molar-refractivity contribution in [1.82, 2.24) is 14.9 Å². The molecule has 1 aliphatic heterocycles. The maximum atomic E-state index is 13.4. The second kappa shape index (κ2) is 10.0. The van der Waals surface area contributed by atoms with Crippen LogP contribution in [0, 0.1) is 12.8 Å². The van der Waals surface area contributed by atoms with Gasteiger partial charge in [-0.2, -0.15) is 0 Å². The first-order valence-corrected chi connectivity index (χ1v) is 12.0. The Hall–Kier alpha value is -3.73. The van der Waals surface area contributed by atoms with E-state index in [9.17, 15) is 4.79 Å². The molecule has 0 radical (unpaired) electrons. The smallest absolute Gasteiger partial charge is 0.253 e. The molecule has 5 rings (SSSR count). The van der Waals surface area contributed by atoms with Crippen LogP contribution >= 0.6 is 0 Å². The van der Waals surface area contributed by atoms with Crippen molar-refractivity contribution in [2.24, 2.45) is 5.92 Å². The fourth-order valence-electron chi connectivity index (χ4n) is 4.89. The Labute approximate surface area is 200 Å². The molecule has 3 heterocycles. The lowest BCUT2D eigenvalue weighted by Gasteiger charge is -2.33. The average Bonchev–Trinajstić information content (AvgIpc) is 2.89. The van der Waals surface area contributed by atoms with E-state index in [4.69, 9.17) is 0 Å². The molecular formula is C29H30N4O. The third kappa shape index (κ3) is 4.93. The maximum absolute atomic E-state index is 13.4. The summed E-state index contributed by atoms with van der Waals surface area (Å²) in [5.74, 6) is 0.570. The van der Waals surface area contributed by atoms with Crippen molar-refractivity contribution in [3.8, 4) is 0 Å². The molecule has 1 atom stereocenters. The summed E-state index contributed by atoms with van der Waals surface area (Å²) in [6, 6.07) is 22.4. The van der Waals surface area contributed by atoms with Crippen molar-refractivity contribution in [2.45, 2.75) is 32.7 Å². The van der Waals surface area contributed by atoms with Gasteiger partial charge in [-0.1, -0.05) is 30.3 Å². The van der Waals surface area contributed by atoms with Crippen molar-refractivity contribution in [1.29, 1.82) is 0 Å². The monoisotopic (exact) mass is 450 g/mol. The van der Waals surface area contributed by atoms with Crippen LogP contribution in [0.5, 0.6) is 0 Å². The van der Waals surface area contributed by atoms with Gasteiger partial charge in [0.1, 0.15) is 0 Å². The van der Waals surface area contributed by atoms with E-state index in [1.54, 1.807) is 6.20 Å². The van der Waals surface area contributed by atoms with E-state index in [-0.39, 0.29) is 5.91 Å². The number of pyridine rings is 2. The van der Waals surface area contributed by atoms with Gasteiger partial charge in [0.2, 0.25) is 0 Å². The normalized spacial score (nSPS) is 15.9. The summed E-state index contributed by atoms with van der Waals surface area (Å²) in [5.41, 5.74) is 6.17. The van der Waals surface area contributed by atoms with Crippen LogP contribution in [0.4, 0.5) is 5.69 Å². The van der Waals surface area contributed by atoms with E-state index in [2.05, 4.69) is 46.5 Å². The Morgan fingerprint density at radius 3 is 2.82 bits per heavy atom. The van der Waals surface area contributed by atoms with E-state index in [1.807, 2.05) is 53.6 Å². The van der Waals surface area contributed by atoms with Crippen LogP contribution in [0.1, 0.15) is 40.0 Å². The van der Waals surface area contributed by atoms with Gasteiger partial charge in [-0.3, -0.25) is 14.8 Å². The summed E-state index contributed by atoms with van der Waals surface area (Å²) >= 11 is 0. The van der Waals surface area contributed by atoms with Gasteiger partial charge in [-0.25, -0.2) is 0 Å². The third-order valence-corrected chi connectivity index (χ3v) is 6.72. The first-order chi connectivity index (χ1) is 16.7. The molecule has 1 fully saturated rings. The zero-order chi connectivity index (χ0) is 23.3. The largest absolute Gasteiger partial charge is 0.379 e. The number of aromatic nitrogens is 2.